The molecule has 0 radical (unpaired) electrons. The van der Waals surface area contributed by atoms with Crippen LogP contribution in [-0.4, -0.2) is 44.4 Å². The molecule has 0 fully saturated rings. The van der Waals surface area contributed by atoms with E-state index >= 15 is 0 Å². The number of nitrogens with zero attached hydrogens (tertiary/aromatic N) is 1. The Morgan fingerprint density at radius 3 is 2.80 bits per heavy atom. The van der Waals surface area contributed by atoms with Crippen molar-refractivity contribution < 1.29 is 18.9 Å². The third-order valence-corrected chi connectivity index (χ3v) is 3.28. The van der Waals surface area contributed by atoms with Gasteiger partial charge in [-0.3, -0.25) is 4.21 Å². The summed E-state index contributed by atoms with van der Waals surface area (Å²) in [7, 11) is -0.908. The summed E-state index contributed by atoms with van der Waals surface area (Å²) >= 11 is 0. The molecule has 110 valence electrons. The maximum absolute atomic E-state index is 11.7. The second-order valence-corrected chi connectivity index (χ2v) is 5.82. The molecule has 2 atom stereocenters. The molecule has 3 N–H and O–H groups in total. The van der Waals surface area contributed by atoms with Crippen molar-refractivity contribution in [3.05, 3.63) is 24.0 Å². The molecular formula is C12H17N3O4S. The van der Waals surface area contributed by atoms with Gasteiger partial charge in [-0.05, 0) is 25.5 Å². The lowest BCUT2D eigenvalue weighted by molar-refractivity contribution is 0.0691. The Balaban J connectivity index is 2.58. The van der Waals surface area contributed by atoms with E-state index in [0.29, 0.717) is 12.2 Å². The van der Waals surface area contributed by atoms with Crippen LogP contribution in [0, 0.1) is 0 Å². The van der Waals surface area contributed by atoms with Crippen molar-refractivity contribution >= 4 is 28.5 Å². The van der Waals surface area contributed by atoms with Gasteiger partial charge >= 0.3 is 12.0 Å². The number of amides is 2. The smallest absolute Gasteiger partial charge is 0.356 e. The number of hydrogen-bond acceptors (Lipinski definition) is 4. The molecule has 1 aromatic rings. The molecule has 2 unspecified atom stereocenters. The zero-order valence-corrected chi connectivity index (χ0v) is 12.1. The summed E-state index contributed by atoms with van der Waals surface area (Å²) in [5, 5.41) is 14.0. The number of hydrogen-bond donors (Lipinski definition) is 3. The van der Waals surface area contributed by atoms with Gasteiger partial charge in [0.2, 0.25) is 0 Å². The number of anilines is 1. The van der Waals surface area contributed by atoms with Crippen LogP contribution in [0.25, 0.3) is 0 Å². The first-order valence-electron chi connectivity index (χ1n) is 5.96. The van der Waals surface area contributed by atoms with Crippen LogP contribution in [0.15, 0.2) is 18.3 Å². The largest absolute Gasteiger partial charge is 0.476 e. The number of rotatable bonds is 6. The van der Waals surface area contributed by atoms with Gasteiger partial charge in [-0.25, -0.2) is 14.6 Å². The van der Waals surface area contributed by atoms with E-state index in [-0.39, 0.29) is 17.4 Å². The average Bonchev–Trinajstić information content (AvgIpc) is 2.36. The van der Waals surface area contributed by atoms with Gasteiger partial charge in [0, 0.05) is 35.0 Å². The Hall–Kier alpha value is -1.96. The highest BCUT2D eigenvalue weighted by Crippen LogP contribution is 2.11. The predicted molar refractivity (Wildman–Crippen MR) is 76.4 cm³/mol. The first-order chi connectivity index (χ1) is 9.40. The van der Waals surface area contributed by atoms with Crippen molar-refractivity contribution in [2.24, 2.45) is 0 Å². The first-order valence-corrected chi connectivity index (χ1v) is 7.68. The fourth-order valence-electron chi connectivity index (χ4n) is 1.47. The molecule has 2 amide bonds. The van der Waals surface area contributed by atoms with Crippen LogP contribution in [0.5, 0.6) is 0 Å². The molecule has 0 aliphatic rings. The molecule has 7 nitrogen and oxygen atoms in total. The zero-order chi connectivity index (χ0) is 15.1. The van der Waals surface area contributed by atoms with Crippen molar-refractivity contribution in [1.82, 2.24) is 10.3 Å². The van der Waals surface area contributed by atoms with E-state index in [9.17, 15) is 13.8 Å². The molecule has 0 saturated heterocycles. The van der Waals surface area contributed by atoms with E-state index in [0.717, 1.165) is 0 Å². The number of aromatic carboxylic acids is 1. The number of aromatic nitrogens is 1. The number of carboxylic acid groups (broad SMARTS) is 1. The highest BCUT2D eigenvalue weighted by molar-refractivity contribution is 7.84. The summed E-state index contributed by atoms with van der Waals surface area (Å²) in [6.45, 7) is 1.79. The van der Waals surface area contributed by atoms with Crippen molar-refractivity contribution in [2.75, 3.05) is 17.3 Å². The maximum atomic E-state index is 11.7. The monoisotopic (exact) mass is 299 g/mol. The van der Waals surface area contributed by atoms with Crippen LogP contribution < -0.4 is 10.6 Å². The topological polar surface area (TPSA) is 108 Å². The summed E-state index contributed by atoms with van der Waals surface area (Å²) < 4.78 is 11.0. The zero-order valence-electron chi connectivity index (χ0n) is 11.3. The third-order valence-electron chi connectivity index (χ3n) is 2.47. The molecule has 0 saturated carbocycles. The summed E-state index contributed by atoms with van der Waals surface area (Å²) in [6, 6.07) is 2.31. The predicted octanol–water partition coefficient (Wildman–Crippen LogP) is 1.06. The molecule has 8 heteroatoms. The fourth-order valence-corrected chi connectivity index (χ4v) is 2.16. The van der Waals surface area contributed by atoms with E-state index in [1.807, 2.05) is 0 Å². The molecule has 0 aliphatic carbocycles. The Morgan fingerprint density at radius 1 is 1.50 bits per heavy atom. The number of urea groups is 1. The SMILES string of the molecule is CC(CCS(C)=O)NC(=O)Nc1cccnc1C(=O)O. The van der Waals surface area contributed by atoms with Gasteiger partial charge in [0.1, 0.15) is 0 Å². The molecular weight excluding hydrogens is 282 g/mol. The van der Waals surface area contributed by atoms with Gasteiger partial charge in [0.05, 0.1) is 5.69 Å². The number of pyridine rings is 1. The third kappa shape index (κ3) is 5.35. The van der Waals surface area contributed by atoms with Crippen molar-refractivity contribution in [3.8, 4) is 0 Å². The van der Waals surface area contributed by atoms with Crippen LogP contribution in [-0.2, 0) is 10.8 Å². The molecule has 0 spiro atoms. The van der Waals surface area contributed by atoms with Crippen LogP contribution in [0.3, 0.4) is 0 Å². The van der Waals surface area contributed by atoms with Crippen molar-refractivity contribution in [2.45, 2.75) is 19.4 Å². The summed E-state index contributed by atoms with van der Waals surface area (Å²) in [4.78, 5) is 26.3. The normalized spacial score (nSPS) is 13.3. The number of carbonyl (C=O) groups is 2. The summed E-state index contributed by atoms with van der Waals surface area (Å²) in [6.07, 6.45) is 3.52. The molecule has 0 aliphatic heterocycles. The molecule has 20 heavy (non-hydrogen) atoms. The summed E-state index contributed by atoms with van der Waals surface area (Å²) in [5.41, 5.74) is -0.0891. The quantitative estimate of drug-likeness (QED) is 0.727. The standard InChI is InChI=1S/C12H17N3O4S/c1-8(5-7-20(2)19)14-12(18)15-9-4-3-6-13-10(9)11(16)17/h3-4,6,8H,5,7H2,1-2H3,(H,16,17)(H2,14,15,18). The van der Waals surface area contributed by atoms with Crippen LogP contribution in [0.1, 0.15) is 23.8 Å². The number of nitrogens with one attached hydrogen (secondary N) is 2. The lowest BCUT2D eigenvalue weighted by Gasteiger charge is -2.14. The minimum Gasteiger partial charge on any atom is -0.476 e. The van der Waals surface area contributed by atoms with Gasteiger partial charge in [-0.1, -0.05) is 0 Å². The second-order valence-electron chi connectivity index (χ2n) is 4.27. The fraction of sp³-hybridized carbons (Fsp3) is 0.417. The lowest BCUT2D eigenvalue weighted by Crippen LogP contribution is -2.37. The van der Waals surface area contributed by atoms with E-state index in [1.165, 1.54) is 18.3 Å². The van der Waals surface area contributed by atoms with Gasteiger partial charge in [0.25, 0.3) is 0 Å². The van der Waals surface area contributed by atoms with E-state index in [1.54, 1.807) is 13.2 Å². The Morgan fingerprint density at radius 2 is 2.20 bits per heavy atom. The molecule has 1 aromatic heterocycles. The van der Waals surface area contributed by atoms with E-state index < -0.39 is 22.8 Å². The van der Waals surface area contributed by atoms with Gasteiger partial charge in [-0.2, -0.15) is 0 Å². The second kappa shape index (κ2) is 7.59. The molecule has 1 rings (SSSR count). The Kier molecular flexibility index (Phi) is 6.10. The Labute approximate surface area is 119 Å². The minimum absolute atomic E-state index is 0.128. The highest BCUT2D eigenvalue weighted by Gasteiger charge is 2.14. The van der Waals surface area contributed by atoms with Crippen molar-refractivity contribution in [1.29, 1.82) is 0 Å². The molecule has 0 bridgehead atoms. The average molecular weight is 299 g/mol. The van der Waals surface area contributed by atoms with Crippen molar-refractivity contribution in [3.63, 3.8) is 0 Å². The number of carboxylic acids is 1. The van der Waals surface area contributed by atoms with Crippen LogP contribution in [0.4, 0.5) is 10.5 Å². The maximum Gasteiger partial charge on any atom is 0.356 e. The number of carbonyl (C=O) groups excluding carboxylic acids is 1. The van der Waals surface area contributed by atoms with Gasteiger partial charge in [-0.15, -0.1) is 0 Å². The highest BCUT2D eigenvalue weighted by atomic mass is 32.2. The molecule has 1 heterocycles. The van der Waals surface area contributed by atoms with Gasteiger partial charge in [0.15, 0.2) is 5.69 Å². The van der Waals surface area contributed by atoms with E-state index in [4.69, 9.17) is 5.11 Å². The van der Waals surface area contributed by atoms with Gasteiger partial charge < -0.3 is 15.7 Å². The summed E-state index contributed by atoms with van der Waals surface area (Å²) in [5.74, 6) is -0.718. The molecule has 0 aromatic carbocycles. The minimum atomic E-state index is -1.21. The first kappa shape index (κ1) is 16.1. The lowest BCUT2D eigenvalue weighted by atomic mass is 10.2. The van der Waals surface area contributed by atoms with E-state index in [2.05, 4.69) is 15.6 Å². The van der Waals surface area contributed by atoms with Crippen LogP contribution in [0.2, 0.25) is 0 Å². The Bertz CT molecular complexity index is 521. The van der Waals surface area contributed by atoms with Crippen LogP contribution >= 0.6 is 0 Å².